The molecule has 8 heteroatoms. The SMILES string of the molecule is O=C(Nc1ccccc1)c1c(O)n(-c2cccc(F)c2)c(=O)[nH]c1=O. The number of hydrogen-bond acceptors (Lipinski definition) is 4. The van der Waals surface area contributed by atoms with E-state index in [0.29, 0.717) is 10.3 Å². The number of carbonyl (C=O) groups is 1. The number of nitrogens with one attached hydrogen (secondary N) is 2. The predicted octanol–water partition coefficient (Wildman–Crippen LogP) is 1.62. The van der Waals surface area contributed by atoms with E-state index in [1.54, 1.807) is 30.3 Å². The number of anilines is 1. The van der Waals surface area contributed by atoms with Gasteiger partial charge in [0, 0.05) is 5.69 Å². The summed E-state index contributed by atoms with van der Waals surface area (Å²) in [4.78, 5) is 38.3. The number of hydrogen-bond donors (Lipinski definition) is 3. The van der Waals surface area contributed by atoms with E-state index in [2.05, 4.69) is 5.32 Å². The van der Waals surface area contributed by atoms with Crippen molar-refractivity contribution in [3.63, 3.8) is 0 Å². The number of aromatic amines is 1. The first-order valence-corrected chi connectivity index (χ1v) is 7.18. The van der Waals surface area contributed by atoms with Gasteiger partial charge in [0.25, 0.3) is 11.5 Å². The van der Waals surface area contributed by atoms with Crippen LogP contribution in [-0.4, -0.2) is 20.6 Å². The van der Waals surface area contributed by atoms with Crippen molar-refractivity contribution in [2.45, 2.75) is 0 Å². The highest BCUT2D eigenvalue weighted by Gasteiger charge is 2.22. The monoisotopic (exact) mass is 341 g/mol. The molecule has 0 aliphatic carbocycles. The van der Waals surface area contributed by atoms with Crippen LogP contribution in [0.15, 0.2) is 64.2 Å². The maximum atomic E-state index is 13.4. The fourth-order valence-electron chi connectivity index (χ4n) is 2.30. The van der Waals surface area contributed by atoms with Crippen molar-refractivity contribution in [1.29, 1.82) is 0 Å². The fraction of sp³-hybridized carbons (Fsp3) is 0. The molecular weight excluding hydrogens is 329 g/mol. The zero-order valence-electron chi connectivity index (χ0n) is 12.7. The highest BCUT2D eigenvalue weighted by Crippen LogP contribution is 2.18. The van der Waals surface area contributed by atoms with Gasteiger partial charge in [-0.2, -0.15) is 0 Å². The Hall–Kier alpha value is -3.68. The van der Waals surface area contributed by atoms with Crippen molar-refractivity contribution in [2.75, 3.05) is 5.32 Å². The topological polar surface area (TPSA) is 104 Å². The van der Waals surface area contributed by atoms with Crippen LogP contribution in [0, 0.1) is 5.82 Å². The molecule has 0 fully saturated rings. The molecule has 1 heterocycles. The molecule has 0 aliphatic rings. The van der Waals surface area contributed by atoms with Gasteiger partial charge in [-0.1, -0.05) is 24.3 Å². The summed E-state index contributed by atoms with van der Waals surface area (Å²) in [5.41, 5.74) is -2.34. The molecule has 3 N–H and O–H groups in total. The second-order valence-electron chi connectivity index (χ2n) is 5.09. The summed E-state index contributed by atoms with van der Waals surface area (Å²) in [6, 6.07) is 13.1. The number of carbonyl (C=O) groups excluding carboxylic acids is 1. The summed E-state index contributed by atoms with van der Waals surface area (Å²) in [5.74, 6) is -2.44. The zero-order chi connectivity index (χ0) is 18.0. The molecule has 0 saturated carbocycles. The number of benzene rings is 2. The van der Waals surface area contributed by atoms with Gasteiger partial charge in [-0.15, -0.1) is 0 Å². The summed E-state index contributed by atoms with van der Waals surface area (Å²) >= 11 is 0. The summed E-state index contributed by atoms with van der Waals surface area (Å²) in [6.07, 6.45) is 0. The second kappa shape index (κ2) is 6.44. The van der Waals surface area contributed by atoms with Crippen LogP contribution in [0.2, 0.25) is 0 Å². The van der Waals surface area contributed by atoms with Crippen LogP contribution in [0.4, 0.5) is 10.1 Å². The highest BCUT2D eigenvalue weighted by molar-refractivity contribution is 6.05. The second-order valence-corrected chi connectivity index (χ2v) is 5.09. The summed E-state index contributed by atoms with van der Waals surface area (Å²) in [7, 11) is 0. The van der Waals surface area contributed by atoms with Crippen LogP contribution in [0.25, 0.3) is 5.69 Å². The lowest BCUT2D eigenvalue weighted by atomic mass is 10.2. The Morgan fingerprint density at radius 2 is 1.80 bits per heavy atom. The van der Waals surface area contributed by atoms with Crippen molar-refractivity contribution in [2.24, 2.45) is 0 Å². The van der Waals surface area contributed by atoms with E-state index in [0.717, 1.165) is 12.1 Å². The van der Waals surface area contributed by atoms with Crippen molar-refractivity contribution < 1.29 is 14.3 Å². The molecule has 1 amide bonds. The molecule has 0 unspecified atom stereocenters. The first kappa shape index (κ1) is 16.2. The van der Waals surface area contributed by atoms with Crippen molar-refractivity contribution >= 4 is 11.6 Å². The Balaban J connectivity index is 2.12. The van der Waals surface area contributed by atoms with Crippen LogP contribution in [0.1, 0.15) is 10.4 Å². The average molecular weight is 341 g/mol. The van der Waals surface area contributed by atoms with Gasteiger partial charge in [-0.05, 0) is 30.3 Å². The predicted molar refractivity (Wildman–Crippen MR) is 88.7 cm³/mol. The number of halogens is 1. The van der Waals surface area contributed by atoms with Gasteiger partial charge in [-0.3, -0.25) is 14.6 Å². The quantitative estimate of drug-likeness (QED) is 0.673. The molecule has 0 aliphatic heterocycles. The minimum absolute atomic E-state index is 0.0347. The van der Waals surface area contributed by atoms with E-state index >= 15 is 0 Å². The minimum Gasteiger partial charge on any atom is -0.493 e. The minimum atomic E-state index is -1.05. The first-order chi connectivity index (χ1) is 12.0. The maximum absolute atomic E-state index is 13.4. The summed E-state index contributed by atoms with van der Waals surface area (Å²) in [5, 5.41) is 12.7. The number of aromatic nitrogens is 2. The summed E-state index contributed by atoms with van der Waals surface area (Å²) in [6.45, 7) is 0. The molecule has 2 aromatic carbocycles. The van der Waals surface area contributed by atoms with Crippen molar-refractivity contribution in [3.8, 4) is 11.6 Å². The van der Waals surface area contributed by atoms with Crippen LogP contribution in [0.5, 0.6) is 5.88 Å². The molecule has 1 aromatic heterocycles. The van der Waals surface area contributed by atoms with Crippen LogP contribution in [-0.2, 0) is 0 Å². The fourth-order valence-corrected chi connectivity index (χ4v) is 2.30. The molecule has 0 atom stereocenters. The standard InChI is InChI=1S/C17H12FN3O4/c18-10-5-4-8-12(9-10)21-16(24)13(15(23)20-17(21)25)14(22)19-11-6-2-1-3-7-11/h1-9,24H,(H,19,22)(H,20,23,25). The molecule has 0 spiro atoms. The maximum Gasteiger partial charge on any atom is 0.335 e. The van der Waals surface area contributed by atoms with Crippen LogP contribution < -0.4 is 16.6 Å². The van der Waals surface area contributed by atoms with E-state index in [1.165, 1.54) is 12.1 Å². The van der Waals surface area contributed by atoms with Gasteiger partial charge >= 0.3 is 5.69 Å². The zero-order valence-corrected chi connectivity index (χ0v) is 12.7. The number of aromatic hydroxyl groups is 1. The molecule has 0 saturated heterocycles. The largest absolute Gasteiger partial charge is 0.493 e. The highest BCUT2D eigenvalue weighted by atomic mass is 19.1. The number of rotatable bonds is 3. The number of para-hydroxylation sites is 1. The van der Waals surface area contributed by atoms with Crippen LogP contribution >= 0.6 is 0 Å². The third-order valence-electron chi connectivity index (χ3n) is 3.41. The number of H-pyrrole nitrogens is 1. The first-order valence-electron chi connectivity index (χ1n) is 7.18. The lowest BCUT2D eigenvalue weighted by Crippen LogP contribution is -2.34. The van der Waals surface area contributed by atoms with Gasteiger partial charge in [0.2, 0.25) is 5.88 Å². The smallest absolute Gasteiger partial charge is 0.335 e. The van der Waals surface area contributed by atoms with E-state index in [-0.39, 0.29) is 5.69 Å². The Kier molecular flexibility index (Phi) is 4.17. The van der Waals surface area contributed by atoms with Crippen molar-refractivity contribution in [3.05, 3.63) is 86.8 Å². The lowest BCUT2D eigenvalue weighted by Gasteiger charge is -2.11. The van der Waals surface area contributed by atoms with Crippen molar-refractivity contribution in [1.82, 2.24) is 9.55 Å². The third kappa shape index (κ3) is 3.18. The Bertz CT molecular complexity index is 1060. The Morgan fingerprint density at radius 3 is 2.48 bits per heavy atom. The number of nitrogens with zero attached hydrogens (tertiary/aromatic N) is 1. The van der Waals surface area contributed by atoms with Gasteiger partial charge in [0.1, 0.15) is 5.82 Å². The van der Waals surface area contributed by atoms with E-state index in [9.17, 15) is 23.9 Å². The molecule has 0 bridgehead atoms. The third-order valence-corrected chi connectivity index (χ3v) is 3.41. The van der Waals surface area contributed by atoms with Gasteiger partial charge < -0.3 is 10.4 Å². The molecule has 7 nitrogen and oxygen atoms in total. The van der Waals surface area contributed by atoms with E-state index in [4.69, 9.17) is 0 Å². The Labute approximate surface area is 140 Å². The summed E-state index contributed by atoms with van der Waals surface area (Å²) < 4.78 is 14.0. The molecule has 25 heavy (non-hydrogen) atoms. The lowest BCUT2D eigenvalue weighted by molar-refractivity contribution is 0.102. The van der Waals surface area contributed by atoms with Gasteiger partial charge in [0.05, 0.1) is 5.69 Å². The number of amides is 1. The Morgan fingerprint density at radius 1 is 1.08 bits per heavy atom. The molecule has 3 aromatic rings. The molecule has 126 valence electrons. The molecule has 3 rings (SSSR count). The van der Waals surface area contributed by atoms with Gasteiger partial charge in [0.15, 0.2) is 5.56 Å². The normalized spacial score (nSPS) is 10.4. The van der Waals surface area contributed by atoms with E-state index in [1.807, 2.05) is 4.98 Å². The molecular formula is C17H12FN3O4. The van der Waals surface area contributed by atoms with Crippen LogP contribution in [0.3, 0.4) is 0 Å². The average Bonchev–Trinajstić information content (AvgIpc) is 2.55. The molecule has 0 radical (unpaired) electrons. The van der Waals surface area contributed by atoms with Gasteiger partial charge in [-0.25, -0.2) is 13.8 Å². The van der Waals surface area contributed by atoms with E-state index < -0.39 is 34.4 Å².